The largest absolute Gasteiger partial charge is 0.356 e. The summed E-state index contributed by atoms with van der Waals surface area (Å²) in [5, 5.41) is 4.29. The van der Waals surface area contributed by atoms with Crippen molar-refractivity contribution in [2.24, 2.45) is 0 Å². The fraction of sp³-hybridized carbons (Fsp3) is 0.148. The summed E-state index contributed by atoms with van der Waals surface area (Å²) in [5.41, 5.74) is 7.52. The van der Waals surface area contributed by atoms with Gasteiger partial charge in [0.15, 0.2) is 0 Å². The number of hydrogen-bond donors (Lipinski definition) is 2. The minimum atomic E-state index is -0.154. The van der Waals surface area contributed by atoms with Crippen LogP contribution >= 0.6 is 11.8 Å². The normalized spacial score (nSPS) is 21.9. The first-order valence-electron chi connectivity index (χ1n) is 10.9. The first-order chi connectivity index (χ1) is 15.7. The standard InChI is InChI=1S/C27H23N3OS/c1-3-10-20-16(4-2)15-21-24-22(18-13-8-9-14-19(18)28-24)23-25(30(20)21)26(31)29-27(23)32-17-11-6-5-7-12-17/h3-14,21,27-28H,2,15H2,1H3,(H,29,31)/b10-3-. The van der Waals surface area contributed by atoms with Gasteiger partial charge in [-0.1, -0.05) is 66.9 Å². The number of carbonyl (C=O) groups excluding carboxylic acids is 1. The molecule has 1 amide bonds. The molecule has 2 atom stereocenters. The van der Waals surface area contributed by atoms with Crippen molar-refractivity contribution >= 4 is 34.1 Å². The lowest BCUT2D eigenvalue weighted by Crippen LogP contribution is -2.32. The monoisotopic (exact) mass is 437 g/mol. The van der Waals surface area contributed by atoms with E-state index in [2.05, 4.69) is 64.3 Å². The van der Waals surface area contributed by atoms with Crippen molar-refractivity contribution in [1.29, 1.82) is 0 Å². The molecule has 2 N–H and O–H groups in total. The third-order valence-corrected chi connectivity index (χ3v) is 7.59. The molecule has 0 spiro atoms. The van der Waals surface area contributed by atoms with Gasteiger partial charge in [0.1, 0.15) is 11.1 Å². The number of thioether (sulfide) groups is 1. The van der Waals surface area contributed by atoms with Crippen LogP contribution in [0.2, 0.25) is 0 Å². The SMILES string of the molecule is C=CC1=C(/C=C\C)N2C3=C(c4c([nH]c5ccccc45)C2C1)C(Sc1ccccc1)NC3=O. The van der Waals surface area contributed by atoms with Crippen LogP contribution in [0.15, 0.2) is 101 Å². The van der Waals surface area contributed by atoms with Crippen LogP contribution < -0.4 is 5.32 Å². The Morgan fingerprint density at radius 3 is 2.69 bits per heavy atom. The molecule has 4 heterocycles. The Kier molecular flexibility index (Phi) is 4.40. The third kappa shape index (κ3) is 2.67. The van der Waals surface area contributed by atoms with E-state index in [1.165, 1.54) is 22.2 Å². The van der Waals surface area contributed by atoms with Crippen LogP contribution in [0, 0.1) is 0 Å². The van der Waals surface area contributed by atoms with E-state index >= 15 is 0 Å². The highest BCUT2D eigenvalue weighted by molar-refractivity contribution is 8.00. The minimum absolute atomic E-state index is 0.0123. The predicted molar refractivity (Wildman–Crippen MR) is 131 cm³/mol. The maximum absolute atomic E-state index is 13.5. The number of hydrogen-bond acceptors (Lipinski definition) is 3. The molecule has 0 radical (unpaired) electrons. The van der Waals surface area contributed by atoms with Crippen LogP contribution in [0.3, 0.4) is 0 Å². The van der Waals surface area contributed by atoms with Crippen LogP contribution in [0.1, 0.15) is 30.6 Å². The van der Waals surface area contributed by atoms with E-state index in [9.17, 15) is 4.79 Å². The highest BCUT2D eigenvalue weighted by Gasteiger charge is 2.48. The molecule has 0 saturated carbocycles. The van der Waals surface area contributed by atoms with Crippen LogP contribution in [0.25, 0.3) is 16.5 Å². The number of aromatic amines is 1. The molecule has 1 aromatic heterocycles. The zero-order valence-electron chi connectivity index (χ0n) is 17.8. The summed E-state index contributed by atoms with van der Waals surface area (Å²) in [6, 6.07) is 18.7. The molecule has 0 saturated heterocycles. The average Bonchev–Trinajstić information content (AvgIpc) is 3.46. The Morgan fingerprint density at radius 1 is 1.12 bits per heavy atom. The highest BCUT2D eigenvalue weighted by Crippen LogP contribution is 2.54. The molecule has 4 nitrogen and oxygen atoms in total. The van der Waals surface area contributed by atoms with Gasteiger partial charge in [-0.3, -0.25) is 4.79 Å². The Hall–Kier alpha value is -3.44. The summed E-state index contributed by atoms with van der Waals surface area (Å²) in [5.74, 6) is -0.0123. The number of aromatic nitrogens is 1. The average molecular weight is 438 g/mol. The Bertz CT molecular complexity index is 1360. The van der Waals surface area contributed by atoms with Crippen molar-refractivity contribution in [2.45, 2.75) is 29.7 Å². The molecule has 158 valence electrons. The predicted octanol–water partition coefficient (Wildman–Crippen LogP) is 5.90. The summed E-state index contributed by atoms with van der Waals surface area (Å²) in [7, 11) is 0. The first kappa shape index (κ1) is 19.3. The van der Waals surface area contributed by atoms with Gasteiger partial charge >= 0.3 is 0 Å². The zero-order chi connectivity index (χ0) is 21.8. The number of fused-ring (bicyclic) bond motifs is 7. The maximum Gasteiger partial charge on any atom is 0.269 e. The quantitative estimate of drug-likeness (QED) is 0.534. The van der Waals surface area contributed by atoms with Crippen molar-refractivity contribution in [2.75, 3.05) is 0 Å². The summed E-state index contributed by atoms with van der Waals surface area (Å²) >= 11 is 1.69. The topological polar surface area (TPSA) is 48.1 Å². The zero-order valence-corrected chi connectivity index (χ0v) is 18.6. The molecule has 3 aliphatic heterocycles. The number of para-hydroxylation sites is 1. The summed E-state index contributed by atoms with van der Waals surface area (Å²) in [6.07, 6.45) is 6.88. The number of nitrogens with one attached hydrogen (secondary N) is 2. The summed E-state index contributed by atoms with van der Waals surface area (Å²) in [6.45, 7) is 6.07. The van der Waals surface area contributed by atoms with E-state index in [4.69, 9.17) is 0 Å². The summed E-state index contributed by atoms with van der Waals surface area (Å²) in [4.78, 5) is 20.5. The number of amides is 1. The second-order valence-corrected chi connectivity index (χ2v) is 9.39. The van der Waals surface area contributed by atoms with Gasteiger partial charge in [0, 0.05) is 44.7 Å². The van der Waals surface area contributed by atoms with Crippen LogP contribution in [-0.2, 0) is 4.79 Å². The highest BCUT2D eigenvalue weighted by atomic mass is 32.2. The number of carbonyl (C=O) groups is 1. The lowest BCUT2D eigenvalue weighted by molar-refractivity contribution is -0.118. The van der Waals surface area contributed by atoms with Crippen LogP contribution in [0.5, 0.6) is 0 Å². The smallest absolute Gasteiger partial charge is 0.269 e. The van der Waals surface area contributed by atoms with Crippen molar-refractivity contribution in [3.05, 3.63) is 108 Å². The molecule has 32 heavy (non-hydrogen) atoms. The fourth-order valence-corrected chi connectivity index (χ4v) is 6.29. The second kappa shape index (κ2) is 7.31. The van der Waals surface area contributed by atoms with E-state index in [0.29, 0.717) is 0 Å². The van der Waals surface area contributed by atoms with E-state index in [1.54, 1.807) is 11.8 Å². The van der Waals surface area contributed by atoms with E-state index in [0.717, 1.165) is 33.8 Å². The lowest BCUT2D eigenvalue weighted by Gasteiger charge is -2.34. The maximum atomic E-state index is 13.5. The second-order valence-electron chi connectivity index (χ2n) is 8.21. The number of rotatable bonds is 4. The van der Waals surface area contributed by atoms with Gasteiger partial charge < -0.3 is 15.2 Å². The molecule has 2 unspecified atom stereocenters. The summed E-state index contributed by atoms with van der Waals surface area (Å²) < 4.78 is 0. The molecule has 2 aromatic carbocycles. The van der Waals surface area contributed by atoms with E-state index < -0.39 is 0 Å². The third-order valence-electron chi connectivity index (χ3n) is 6.45. The molecular weight excluding hydrogens is 414 g/mol. The molecule has 0 aliphatic carbocycles. The molecule has 0 fully saturated rings. The van der Waals surface area contributed by atoms with Crippen molar-refractivity contribution in [3.63, 3.8) is 0 Å². The number of allylic oxidation sites excluding steroid dienone is 3. The van der Waals surface area contributed by atoms with Gasteiger partial charge in [0.25, 0.3) is 5.91 Å². The molecule has 3 aliphatic rings. The molecule has 5 heteroatoms. The molecule has 6 rings (SSSR count). The van der Waals surface area contributed by atoms with Gasteiger partial charge in [0.2, 0.25) is 0 Å². The van der Waals surface area contributed by atoms with Gasteiger partial charge in [-0.25, -0.2) is 0 Å². The number of benzene rings is 2. The van der Waals surface area contributed by atoms with Gasteiger partial charge in [-0.05, 0) is 36.8 Å². The molecule has 0 bridgehead atoms. The minimum Gasteiger partial charge on any atom is -0.356 e. The van der Waals surface area contributed by atoms with Crippen molar-refractivity contribution in [1.82, 2.24) is 15.2 Å². The van der Waals surface area contributed by atoms with E-state index in [-0.39, 0.29) is 17.3 Å². The first-order valence-corrected chi connectivity index (χ1v) is 11.7. The van der Waals surface area contributed by atoms with Gasteiger partial charge in [-0.2, -0.15) is 0 Å². The molecular formula is C27H23N3OS. The fourth-order valence-electron chi connectivity index (χ4n) is 5.19. The lowest BCUT2D eigenvalue weighted by atomic mass is 9.92. The van der Waals surface area contributed by atoms with Crippen molar-refractivity contribution < 1.29 is 4.79 Å². The Morgan fingerprint density at radius 2 is 1.91 bits per heavy atom. The molecule has 3 aromatic rings. The van der Waals surface area contributed by atoms with Gasteiger partial charge in [0.05, 0.1) is 6.04 Å². The number of H-pyrrole nitrogens is 1. The van der Waals surface area contributed by atoms with Crippen LogP contribution in [-0.4, -0.2) is 21.2 Å². The number of nitrogens with zero attached hydrogens (tertiary/aromatic N) is 1. The van der Waals surface area contributed by atoms with E-state index in [1.807, 2.05) is 37.3 Å². The van der Waals surface area contributed by atoms with Crippen molar-refractivity contribution in [3.8, 4) is 0 Å². The van der Waals surface area contributed by atoms with Crippen LogP contribution in [0.4, 0.5) is 0 Å². The Labute approximate surface area is 191 Å². The Balaban J connectivity index is 1.61. The van der Waals surface area contributed by atoms with Gasteiger partial charge in [-0.15, -0.1) is 0 Å².